The summed E-state index contributed by atoms with van der Waals surface area (Å²) in [5, 5.41) is 39.6. The number of ketones is 1. The van der Waals surface area contributed by atoms with E-state index in [-0.39, 0.29) is 11.7 Å². The second kappa shape index (κ2) is 16.1. The normalized spacial score (nSPS) is 18.5. The predicted molar refractivity (Wildman–Crippen MR) is 159 cm³/mol. The SMILES string of the molecule is CC(=O)c1c(C2CC3CCC(C2)N3)nc2c(-c3ccc(C(C)(C)O)nc3)cnn2c1N.O=C(O)C(F)(F)F.O=C(O)C(F)(F)F.O=C(O)C(F)(F)F. The molecular weight excluding hydrogens is 731 g/mol. The van der Waals surface area contributed by atoms with Crippen LogP contribution in [-0.2, 0) is 20.0 Å². The first-order chi connectivity index (χ1) is 23.5. The molecule has 5 rings (SSSR count). The van der Waals surface area contributed by atoms with E-state index in [0.717, 1.165) is 29.7 Å². The van der Waals surface area contributed by atoms with Gasteiger partial charge in [-0.2, -0.15) is 49.1 Å². The van der Waals surface area contributed by atoms with Gasteiger partial charge in [0, 0.05) is 35.3 Å². The minimum atomic E-state index is -5.08. The van der Waals surface area contributed by atoms with Crippen LogP contribution in [0.1, 0.15) is 74.1 Å². The summed E-state index contributed by atoms with van der Waals surface area (Å²) in [6, 6.07) is 4.66. The van der Waals surface area contributed by atoms with Crippen LogP contribution in [0, 0.1) is 0 Å². The van der Waals surface area contributed by atoms with Crippen molar-refractivity contribution in [1.82, 2.24) is 24.9 Å². The smallest absolute Gasteiger partial charge is 0.475 e. The van der Waals surface area contributed by atoms with Gasteiger partial charge in [0.2, 0.25) is 0 Å². The number of carboxylic acid groups (broad SMARTS) is 3. The zero-order valence-electron chi connectivity index (χ0n) is 27.1. The standard InChI is InChI=1S/C23H28N6O2.3C2HF3O2/c1-12(30)19-20(14-8-15-5-6-16(9-14)27-15)28-22-17(11-26-29(22)21(19)24)13-4-7-18(25-10-13)23(2,3)31;3*3-2(4,5)1(6)7/h4,7,10-11,14-16,27,31H,5-6,8-9,24H2,1-3H3;3*(H,6,7). The average molecular weight is 763 g/mol. The maximum Gasteiger partial charge on any atom is 0.490 e. The molecule has 2 atom stereocenters. The van der Waals surface area contributed by atoms with Crippen molar-refractivity contribution in [3.63, 3.8) is 0 Å². The summed E-state index contributed by atoms with van der Waals surface area (Å²) < 4.78 is 96.8. The summed E-state index contributed by atoms with van der Waals surface area (Å²) in [6.07, 6.45) is -7.56. The number of Topliss-reactive ketones (excluding diaryl/α,β-unsaturated/α-hetero) is 1. The average Bonchev–Trinajstić information content (AvgIpc) is 3.58. The molecule has 3 aromatic heterocycles. The number of aliphatic carboxylic acids is 3. The second-order valence-electron chi connectivity index (χ2n) is 11.8. The van der Waals surface area contributed by atoms with Crippen molar-refractivity contribution in [2.45, 2.75) is 88.6 Å². The molecule has 3 aromatic rings. The lowest BCUT2D eigenvalue weighted by Gasteiger charge is -2.30. The van der Waals surface area contributed by atoms with Crippen LogP contribution in [0.4, 0.5) is 45.3 Å². The molecule has 0 amide bonds. The van der Waals surface area contributed by atoms with Crippen LogP contribution >= 0.6 is 0 Å². The van der Waals surface area contributed by atoms with Gasteiger partial charge < -0.3 is 31.5 Å². The lowest BCUT2D eigenvalue weighted by Crippen LogP contribution is -2.38. The van der Waals surface area contributed by atoms with Gasteiger partial charge in [0.05, 0.1) is 23.1 Å². The number of nitrogens with one attached hydrogen (secondary N) is 1. The monoisotopic (exact) mass is 762 g/mol. The quantitative estimate of drug-likeness (QED) is 0.157. The van der Waals surface area contributed by atoms with Crippen molar-refractivity contribution < 1.29 is 79.1 Å². The minimum absolute atomic E-state index is 0.0824. The highest BCUT2D eigenvalue weighted by Crippen LogP contribution is 2.40. The van der Waals surface area contributed by atoms with Gasteiger partial charge in [0.15, 0.2) is 11.4 Å². The van der Waals surface area contributed by atoms with Gasteiger partial charge in [0.1, 0.15) is 11.4 Å². The minimum Gasteiger partial charge on any atom is -0.475 e. The molecule has 2 saturated heterocycles. The third-order valence-corrected chi connectivity index (χ3v) is 7.35. The Morgan fingerprint density at radius 1 is 0.827 bits per heavy atom. The summed E-state index contributed by atoms with van der Waals surface area (Å²) in [7, 11) is 0. The highest BCUT2D eigenvalue weighted by molar-refractivity contribution is 6.00. The molecule has 7 N–H and O–H groups in total. The number of carbonyl (C=O) groups is 4. The Bertz CT molecular complexity index is 1700. The molecular formula is C29H31F9N6O8. The zero-order valence-corrected chi connectivity index (χ0v) is 27.1. The number of nitrogens with two attached hydrogens (primary N) is 1. The van der Waals surface area contributed by atoms with Gasteiger partial charge in [-0.25, -0.2) is 19.4 Å². The highest BCUT2D eigenvalue weighted by Gasteiger charge is 2.40. The number of hydrogen-bond acceptors (Lipinski definition) is 10. The summed E-state index contributed by atoms with van der Waals surface area (Å²) in [5.74, 6) is -7.82. The van der Waals surface area contributed by atoms with E-state index in [9.17, 15) is 49.4 Å². The first-order valence-corrected chi connectivity index (χ1v) is 14.6. The zero-order chi connectivity index (χ0) is 40.1. The highest BCUT2D eigenvalue weighted by atomic mass is 19.4. The molecule has 0 spiro atoms. The van der Waals surface area contributed by atoms with Gasteiger partial charge >= 0.3 is 36.4 Å². The molecule has 5 heterocycles. The number of nitrogen functional groups attached to an aromatic ring is 1. The molecule has 0 aromatic carbocycles. The number of alkyl halides is 9. The number of carbonyl (C=O) groups excluding carboxylic acids is 1. The number of carboxylic acids is 3. The molecule has 2 aliphatic heterocycles. The third kappa shape index (κ3) is 11.5. The van der Waals surface area contributed by atoms with E-state index in [1.807, 2.05) is 6.07 Å². The third-order valence-electron chi connectivity index (χ3n) is 7.35. The fourth-order valence-corrected chi connectivity index (χ4v) is 5.09. The number of aliphatic hydroxyl groups is 1. The number of anilines is 1. The van der Waals surface area contributed by atoms with Crippen LogP contribution in [0.2, 0.25) is 0 Å². The van der Waals surface area contributed by atoms with Crippen molar-refractivity contribution in [2.75, 3.05) is 5.73 Å². The fourth-order valence-electron chi connectivity index (χ4n) is 5.09. The van der Waals surface area contributed by atoms with Gasteiger partial charge in [-0.05, 0) is 52.5 Å². The molecule has 288 valence electrons. The number of aromatic nitrogens is 4. The molecule has 52 heavy (non-hydrogen) atoms. The molecule has 0 aliphatic carbocycles. The van der Waals surface area contributed by atoms with Gasteiger partial charge in [-0.1, -0.05) is 6.07 Å². The predicted octanol–water partition coefficient (Wildman–Crippen LogP) is 4.70. The van der Waals surface area contributed by atoms with Crippen molar-refractivity contribution in [3.8, 4) is 11.1 Å². The van der Waals surface area contributed by atoms with E-state index in [0.29, 0.717) is 34.8 Å². The topological polar surface area (TPSA) is 230 Å². The molecule has 23 heteroatoms. The number of pyridine rings is 1. The number of hydrogen-bond donors (Lipinski definition) is 6. The van der Waals surface area contributed by atoms with E-state index in [2.05, 4.69) is 15.4 Å². The fraction of sp³-hybridized carbons (Fsp3) is 0.483. The van der Waals surface area contributed by atoms with Crippen LogP contribution in [0.15, 0.2) is 24.5 Å². The number of nitrogens with zero attached hydrogens (tertiary/aromatic N) is 4. The lowest BCUT2D eigenvalue weighted by atomic mass is 9.86. The Hall–Kier alpha value is -5.06. The van der Waals surface area contributed by atoms with Crippen LogP contribution in [-0.4, -0.2) is 94.3 Å². The van der Waals surface area contributed by atoms with E-state index in [1.165, 1.54) is 12.8 Å². The van der Waals surface area contributed by atoms with Gasteiger partial charge in [-0.3, -0.25) is 9.78 Å². The second-order valence-corrected chi connectivity index (χ2v) is 11.8. The Balaban J connectivity index is 0.000000365. The molecule has 0 radical (unpaired) electrons. The van der Waals surface area contributed by atoms with Gasteiger partial charge in [-0.15, -0.1) is 0 Å². The van der Waals surface area contributed by atoms with Crippen LogP contribution in [0.25, 0.3) is 16.8 Å². The molecule has 2 bridgehead atoms. The summed E-state index contributed by atoms with van der Waals surface area (Å²) >= 11 is 0. The molecule has 2 fully saturated rings. The van der Waals surface area contributed by atoms with E-state index < -0.39 is 42.0 Å². The number of halogens is 9. The van der Waals surface area contributed by atoms with Gasteiger partial charge in [0.25, 0.3) is 0 Å². The van der Waals surface area contributed by atoms with Crippen LogP contribution < -0.4 is 11.1 Å². The van der Waals surface area contributed by atoms with Crippen molar-refractivity contribution in [2.24, 2.45) is 0 Å². The Kier molecular flexibility index (Phi) is 13.3. The maximum absolute atomic E-state index is 12.5. The number of fused-ring (bicyclic) bond motifs is 3. The van der Waals surface area contributed by atoms with E-state index >= 15 is 0 Å². The van der Waals surface area contributed by atoms with Crippen molar-refractivity contribution >= 4 is 35.2 Å². The molecule has 0 saturated carbocycles. The Morgan fingerprint density at radius 3 is 1.62 bits per heavy atom. The largest absolute Gasteiger partial charge is 0.490 e. The molecule has 2 unspecified atom stereocenters. The maximum atomic E-state index is 12.5. The lowest BCUT2D eigenvalue weighted by molar-refractivity contribution is -0.193. The first-order valence-electron chi connectivity index (χ1n) is 14.6. The Morgan fingerprint density at radius 2 is 1.27 bits per heavy atom. The van der Waals surface area contributed by atoms with Crippen molar-refractivity contribution in [1.29, 1.82) is 0 Å². The summed E-state index contributed by atoms with van der Waals surface area (Å²) in [6.45, 7) is 4.95. The Labute approximate surface area is 286 Å². The molecule has 2 aliphatic rings. The van der Waals surface area contributed by atoms with Crippen LogP contribution in [0.5, 0.6) is 0 Å². The first kappa shape index (κ1) is 43.1. The number of rotatable bonds is 4. The number of piperidine rings is 1. The van der Waals surface area contributed by atoms with Crippen molar-refractivity contribution in [3.05, 3.63) is 41.5 Å². The molecule has 14 nitrogen and oxygen atoms in total. The van der Waals surface area contributed by atoms with Crippen LogP contribution in [0.3, 0.4) is 0 Å². The summed E-state index contributed by atoms with van der Waals surface area (Å²) in [5.41, 5.74) is 9.58. The van der Waals surface area contributed by atoms with E-state index in [1.54, 1.807) is 43.7 Å². The van der Waals surface area contributed by atoms with E-state index in [4.69, 9.17) is 40.4 Å². The summed E-state index contributed by atoms with van der Waals surface area (Å²) in [4.78, 5) is 48.6.